The Morgan fingerprint density at radius 1 is 1.54 bits per heavy atom. The average Bonchev–Trinajstić information content (AvgIpc) is 2.47. The normalized spacial score (nSPS) is 9.54. The molecule has 0 aromatic carbocycles. The zero-order valence-electron chi connectivity index (χ0n) is 6.54. The summed E-state index contributed by atoms with van der Waals surface area (Å²) in [6.45, 7) is 0. The fraction of sp³-hybridized carbons (Fsp3) is 0. The molecule has 0 saturated carbocycles. The first-order valence-electron chi connectivity index (χ1n) is 3.36. The van der Waals surface area contributed by atoms with Crippen molar-refractivity contribution in [2.45, 2.75) is 0 Å². The highest BCUT2D eigenvalue weighted by atomic mass is 35.5. The van der Waals surface area contributed by atoms with Gasteiger partial charge in [0.05, 0.1) is 0 Å². The van der Waals surface area contributed by atoms with Crippen LogP contribution in [-0.4, -0.2) is 19.6 Å². The van der Waals surface area contributed by atoms with Gasteiger partial charge in [0.25, 0.3) is 0 Å². The molecule has 2 aromatic heterocycles. The molecule has 0 radical (unpaired) electrons. The average molecular weight is 215 g/mol. The van der Waals surface area contributed by atoms with Crippen molar-refractivity contribution in [2.75, 3.05) is 0 Å². The summed E-state index contributed by atoms with van der Waals surface area (Å²) in [4.78, 5) is 7.92. The predicted octanol–water partition coefficient (Wildman–Crippen LogP) is 0.945. The summed E-state index contributed by atoms with van der Waals surface area (Å²) in [6, 6.07) is 1.87. The standard InChI is InChI=1S/C7H6N4S.ClH/c8-7(12)11-2-1-5-3-9-4-10-6(5)11;/h1-4H,(H2,8,12);1H. The van der Waals surface area contributed by atoms with E-state index in [9.17, 15) is 0 Å². The van der Waals surface area contributed by atoms with Crippen LogP contribution in [0, 0.1) is 0 Å². The van der Waals surface area contributed by atoms with Crippen LogP contribution < -0.4 is 5.73 Å². The van der Waals surface area contributed by atoms with Gasteiger partial charge in [-0.15, -0.1) is 12.4 Å². The van der Waals surface area contributed by atoms with E-state index in [0.29, 0.717) is 5.11 Å². The molecule has 0 fully saturated rings. The second kappa shape index (κ2) is 3.68. The van der Waals surface area contributed by atoms with E-state index < -0.39 is 0 Å². The molecule has 6 heteroatoms. The number of nitrogens with two attached hydrogens (primary N) is 1. The highest BCUT2D eigenvalue weighted by molar-refractivity contribution is 7.80. The Kier molecular flexibility index (Phi) is 2.79. The summed E-state index contributed by atoms with van der Waals surface area (Å²) in [5.74, 6) is 0. The second-order valence-electron chi connectivity index (χ2n) is 2.33. The third kappa shape index (κ3) is 1.61. The van der Waals surface area contributed by atoms with E-state index in [1.807, 2.05) is 6.07 Å². The third-order valence-electron chi connectivity index (χ3n) is 1.59. The molecule has 0 atom stereocenters. The molecule has 2 aromatic rings. The summed E-state index contributed by atoms with van der Waals surface area (Å²) in [5, 5.41) is 1.23. The van der Waals surface area contributed by atoms with Crippen LogP contribution in [0.25, 0.3) is 11.0 Å². The number of halogens is 1. The van der Waals surface area contributed by atoms with E-state index in [1.165, 1.54) is 6.33 Å². The largest absolute Gasteiger partial charge is 0.376 e. The summed E-state index contributed by atoms with van der Waals surface area (Å²) in [6.07, 6.45) is 4.97. The van der Waals surface area contributed by atoms with Crippen molar-refractivity contribution in [3.63, 3.8) is 0 Å². The SMILES string of the molecule is Cl.NC(=S)n1ccc2cncnc21. The molecule has 0 amide bonds. The van der Waals surface area contributed by atoms with Crippen LogP contribution in [0.2, 0.25) is 0 Å². The van der Waals surface area contributed by atoms with Crippen LogP contribution in [0.4, 0.5) is 0 Å². The zero-order valence-corrected chi connectivity index (χ0v) is 8.18. The van der Waals surface area contributed by atoms with E-state index in [0.717, 1.165) is 11.0 Å². The van der Waals surface area contributed by atoms with Crippen molar-refractivity contribution in [1.29, 1.82) is 0 Å². The van der Waals surface area contributed by atoms with Gasteiger partial charge in [-0.25, -0.2) is 9.97 Å². The van der Waals surface area contributed by atoms with Crippen LogP contribution in [0.3, 0.4) is 0 Å². The van der Waals surface area contributed by atoms with Gasteiger partial charge in [0.1, 0.15) is 12.0 Å². The first kappa shape index (κ1) is 9.88. The van der Waals surface area contributed by atoms with E-state index in [2.05, 4.69) is 9.97 Å². The quantitative estimate of drug-likeness (QED) is 0.664. The van der Waals surface area contributed by atoms with Gasteiger partial charge in [0, 0.05) is 17.8 Å². The molecule has 2 N–H and O–H groups in total. The minimum Gasteiger partial charge on any atom is -0.376 e. The number of fused-ring (bicyclic) bond motifs is 1. The second-order valence-corrected chi connectivity index (χ2v) is 2.74. The van der Waals surface area contributed by atoms with Gasteiger partial charge in [-0.05, 0) is 18.3 Å². The van der Waals surface area contributed by atoms with Crippen LogP contribution in [-0.2, 0) is 0 Å². The Morgan fingerprint density at radius 2 is 2.31 bits per heavy atom. The lowest BCUT2D eigenvalue weighted by molar-refractivity contribution is 1.13. The van der Waals surface area contributed by atoms with Crippen LogP contribution >= 0.6 is 24.6 Å². The Labute approximate surface area is 86.2 Å². The molecule has 0 aliphatic heterocycles. The molecule has 0 aliphatic rings. The lowest BCUT2D eigenvalue weighted by atomic mass is 10.4. The monoisotopic (exact) mass is 214 g/mol. The highest BCUT2D eigenvalue weighted by Crippen LogP contribution is 2.09. The molecule has 0 spiro atoms. The number of hydrogen-bond donors (Lipinski definition) is 1. The Hall–Kier alpha value is -1.20. The van der Waals surface area contributed by atoms with Gasteiger partial charge >= 0.3 is 0 Å². The molecule has 0 saturated heterocycles. The van der Waals surface area contributed by atoms with E-state index in [1.54, 1.807) is 17.0 Å². The fourth-order valence-corrected chi connectivity index (χ4v) is 1.20. The number of nitrogens with zero attached hydrogens (tertiary/aromatic N) is 3. The summed E-state index contributed by atoms with van der Waals surface area (Å²) in [5.41, 5.74) is 6.21. The molecular formula is C7H7ClN4S. The zero-order chi connectivity index (χ0) is 8.55. The van der Waals surface area contributed by atoms with Gasteiger partial charge < -0.3 is 5.73 Å². The Balaban J connectivity index is 0.000000845. The van der Waals surface area contributed by atoms with Gasteiger partial charge in [0.15, 0.2) is 5.11 Å². The van der Waals surface area contributed by atoms with Crippen LogP contribution in [0.5, 0.6) is 0 Å². The molecule has 0 aliphatic carbocycles. The fourth-order valence-electron chi connectivity index (χ4n) is 1.06. The molecule has 13 heavy (non-hydrogen) atoms. The Morgan fingerprint density at radius 3 is 3.00 bits per heavy atom. The minimum atomic E-state index is 0. The maximum absolute atomic E-state index is 5.46. The maximum Gasteiger partial charge on any atom is 0.176 e. The Bertz CT molecular complexity index is 439. The number of rotatable bonds is 0. The van der Waals surface area contributed by atoms with Crippen molar-refractivity contribution >= 4 is 40.8 Å². The molecule has 2 rings (SSSR count). The van der Waals surface area contributed by atoms with Crippen molar-refractivity contribution in [2.24, 2.45) is 5.73 Å². The summed E-state index contributed by atoms with van der Waals surface area (Å²) in [7, 11) is 0. The number of aromatic nitrogens is 3. The molecule has 2 heterocycles. The molecule has 68 valence electrons. The van der Waals surface area contributed by atoms with Gasteiger partial charge in [0.2, 0.25) is 0 Å². The lowest BCUT2D eigenvalue weighted by Crippen LogP contribution is -2.18. The summed E-state index contributed by atoms with van der Waals surface area (Å²) < 4.78 is 1.65. The number of hydrogen-bond acceptors (Lipinski definition) is 3. The topological polar surface area (TPSA) is 56.7 Å². The summed E-state index contributed by atoms with van der Waals surface area (Å²) >= 11 is 4.82. The minimum absolute atomic E-state index is 0. The van der Waals surface area contributed by atoms with E-state index in [4.69, 9.17) is 18.0 Å². The van der Waals surface area contributed by atoms with Crippen molar-refractivity contribution in [1.82, 2.24) is 14.5 Å². The predicted molar refractivity (Wildman–Crippen MR) is 57.0 cm³/mol. The van der Waals surface area contributed by atoms with Crippen molar-refractivity contribution < 1.29 is 0 Å². The number of thiocarbonyl (C=S) groups is 1. The van der Waals surface area contributed by atoms with E-state index >= 15 is 0 Å². The van der Waals surface area contributed by atoms with Crippen LogP contribution in [0.1, 0.15) is 0 Å². The molecule has 0 unspecified atom stereocenters. The van der Waals surface area contributed by atoms with Crippen molar-refractivity contribution in [3.8, 4) is 0 Å². The molecule has 0 bridgehead atoms. The lowest BCUT2D eigenvalue weighted by Gasteiger charge is -1.98. The first-order chi connectivity index (χ1) is 5.79. The smallest absolute Gasteiger partial charge is 0.176 e. The van der Waals surface area contributed by atoms with Crippen LogP contribution in [0.15, 0.2) is 24.8 Å². The van der Waals surface area contributed by atoms with Gasteiger partial charge in [-0.3, -0.25) is 4.57 Å². The first-order valence-corrected chi connectivity index (χ1v) is 3.77. The third-order valence-corrected chi connectivity index (χ3v) is 1.78. The van der Waals surface area contributed by atoms with Crippen molar-refractivity contribution in [3.05, 3.63) is 24.8 Å². The maximum atomic E-state index is 5.46. The highest BCUT2D eigenvalue weighted by Gasteiger charge is 2.01. The van der Waals surface area contributed by atoms with Gasteiger partial charge in [-0.1, -0.05) is 0 Å². The molecule has 4 nitrogen and oxygen atoms in total. The van der Waals surface area contributed by atoms with Gasteiger partial charge in [-0.2, -0.15) is 0 Å². The van der Waals surface area contributed by atoms with E-state index in [-0.39, 0.29) is 12.4 Å². The molecular weight excluding hydrogens is 208 g/mol.